The maximum absolute atomic E-state index is 12.6. The minimum atomic E-state index is -0.0680. The van der Waals surface area contributed by atoms with E-state index in [-0.39, 0.29) is 5.91 Å². The van der Waals surface area contributed by atoms with E-state index in [1.165, 1.54) is 6.42 Å². The summed E-state index contributed by atoms with van der Waals surface area (Å²) < 4.78 is 0. The summed E-state index contributed by atoms with van der Waals surface area (Å²) in [5.74, 6) is -0.0680. The molecule has 2 aliphatic heterocycles. The van der Waals surface area contributed by atoms with Crippen molar-refractivity contribution < 1.29 is 4.79 Å². The maximum atomic E-state index is 12.6. The number of fused-ring (bicyclic) bond motifs is 2. The van der Waals surface area contributed by atoms with E-state index in [9.17, 15) is 4.79 Å². The first-order valence-electron chi connectivity index (χ1n) is 8.73. The molecular weight excluding hydrogens is 334 g/mol. The van der Waals surface area contributed by atoms with E-state index in [0.29, 0.717) is 17.2 Å². The number of nitrogens with zero attached hydrogens (tertiary/aromatic N) is 2. The Kier molecular flexibility index (Phi) is 4.55. The fourth-order valence-corrected chi connectivity index (χ4v) is 3.66. The number of hydrogen-bond donors (Lipinski definition) is 1. The third-order valence-corrected chi connectivity index (χ3v) is 5.06. The van der Waals surface area contributed by atoms with Crippen LogP contribution in [0, 0.1) is 0 Å². The zero-order chi connectivity index (χ0) is 17.2. The predicted molar refractivity (Wildman–Crippen MR) is 101 cm³/mol. The standard InChI is InChI=1S/C20H20ClN3O/c21-19-17-7-3-2-6-14(17)12-15-8-9-16(13-18(15)22-19)20(25)23-24-10-4-1-5-11-24/h2-3,6-7,9,12-13H,1,4-5,8,10-11H2,(H,23,25). The molecule has 1 fully saturated rings. The maximum Gasteiger partial charge on any atom is 0.265 e. The highest BCUT2D eigenvalue weighted by Gasteiger charge is 2.21. The minimum absolute atomic E-state index is 0.0680. The van der Waals surface area contributed by atoms with Gasteiger partial charge >= 0.3 is 0 Å². The highest BCUT2D eigenvalue weighted by molar-refractivity contribution is 6.70. The van der Waals surface area contributed by atoms with E-state index in [4.69, 9.17) is 11.6 Å². The second-order valence-corrected chi connectivity index (χ2v) is 6.90. The number of carbonyl (C=O) groups is 1. The Hall–Kier alpha value is -2.17. The quantitative estimate of drug-likeness (QED) is 0.878. The summed E-state index contributed by atoms with van der Waals surface area (Å²) in [7, 11) is 0. The summed E-state index contributed by atoms with van der Waals surface area (Å²) in [6, 6.07) is 7.94. The van der Waals surface area contributed by atoms with Crippen LogP contribution in [0.5, 0.6) is 0 Å². The van der Waals surface area contributed by atoms with Crippen molar-refractivity contribution in [3.63, 3.8) is 0 Å². The molecule has 25 heavy (non-hydrogen) atoms. The Morgan fingerprint density at radius 3 is 2.76 bits per heavy atom. The van der Waals surface area contributed by atoms with Crippen molar-refractivity contribution in [2.45, 2.75) is 25.7 Å². The highest BCUT2D eigenvalue weighted by atomic mass is 35.5. The predicted octanol–water partition coefficient (Wildman–Crippen LogP) is 3.80. The van der Waals surface area contributed by atoms with Gasteiger partial charge in [0.15, 0.2) is 0 Å². The van der Waals surface area contributed by atoms with Crippen LogP contribution in [0.3, 0.4) is 0 Å². The average Bonchev–Trinajstić information content (AvgIpc) is 2.78. The third kappa shape index (κ3) is 3.46. The molecule has 0 atom stereocenters. The average molecular weight is 354 g/mol. The molecule has 0 unspecified atom stereocenters. The van der Waals surface area contributed by atoms with Crippen LogP contribution >= 0.6 is 11.6 Å². The molecule has 0 radical (unpaired) electrons. The van der Waals surface area contributed by atoms with Gasteiger partial charge in [-0.2, -0.15) is 0 Å². The molecule has 1 aromatic rings. The summed E-state index contributed by atoms with van der Waals surface area (Å²) >= 11 is 6.40. The number of hydrogen-bond acceptors (Lipinski definition) is 3. The van der Waals surface area contributed by atoms with Gasteiger partial charge in [0, 0.05) is 24.2 Å². The van der Waals surface area contributed by atoms with E-state index < -0.39 is 0 Å². The van der Waals surface area contributed by atoms with Gasteiger partial charge in [-0.1, -0.05) is 48.4 Å². The topological polar surface area (TPSA) is 44.7 Å². The van der Waals surface area contributed by atoms with Crippen molar-refractivity contribution in [1.29, 1.82) is 0 Å². The molecular formula is C20H20ClN3O. The largest absolute Gasteiger partial charge is 0.285 e. The molecule has 0 aromatic heterocycles. The smallest absolute Gasteiger partial charge is 0.265 e. The van der Waals surface area contributed by atoms with Gasteiger partial charge in [-0.05, 0) is 42.6 Å². The monoisotopic (exact) mass is 353 g/mol. The lowest BCUT2D eigenvalue weighted by atomic mass is 9.96. The molecule has 0 spiro atoms. The number of halogens is 1. The van der Waals surface area contributed by atoms with Crippen LogP contribution in [-0.2, 0) is 4.79 Å². The van der Waals surface area contributed by atoms with Gasteiger partial charge in [-0.15, -0.1) is 0 Å². The molecule has 3 aliphatic rings. The van der Waals surface area contributed by atoms with E-state index in [1.54, 1.807) is 0 Å². The van der Waals surface area contributed by atoms with E-state index >= 15 is 0 Å². The lowest BCUT2D eigenvalue weighted by molar-refractivity contribution is -0.122. The second kappa shape index (κ2) is 6.98. The molecule has 5 heteroatoms. The van der Waals surface area contributed by atoms with Crippen LogP contribution in [0.25, 0.3) is 6.08 Å². The zero-order valence-electron chi connectivity index (χ0n) is 14.0. The zero-order valence-corrected chi connectivity index (χ0v) is 14.7. The first-order chi connectivity index (χ1) is 12.2. The fraction of sp³-hybridized carbons (Fsp3) is 0.300. The minimum Gasteiger partial charge on any atom is -0.285 e. The Balaban J connectivity index is 1.58. The lowest BCUT2D eigenvalue weighted by Crippen LogP contribution is -2.45. The Labute approximate surface area is 152 Å². The number of benzene rings is 1. The molecule has 4 rings (SSSR count). The van der Waals surface area contributed by atoms with Gasteiger partial charge in [0.05, 0.1) is 5.70 Å². The van der Waals surface area contributed by atoms with Crippen molar-refractivity contribution >= 4 is 28.8 Å². The normalized spacial score (nSPS) is 20.2. The summed E-state index contributed by atoms with van der Waals surface area (Å²) in [6.07, 6.45) is 10.1. The molecule has 1 aromatic carbocycles. The lowest BCUT2D eigenvalue weighted by Gasteiger charge is -2.27. The number of rotatable bonds is 2. The second-order valence-electron chi connectivity index (χ2n) is 6.54. The van der Waals surface area contributed by atoms with Crippen LogP contribution in [0.15, 0.2) is 58.3 Å². The van der Waals surface area contributed by atoms with Crippen molar-refractivity contribution in [2.24, 2.45) is 4.99 Å². The number of piperidine rings is 1. The van der Waals surface area contributed by atoms with Gasteiger partial charge in [0.1, 0.15) is 5.17 Å². The number of amides is 1. The van der Waals surface area contributed by atoms with Crippen LogP contribution in [-0.4, -0.2) is 29.2 Å². The van der Waals surface area contributed by atoms with Crippen molar-refractivity contribution in [1.82, 2.24) is 10.4 Å². The molecule has 1 saturated heterocycles. The summed E-state index contributed by atoms with van der Waals surface area (Å²) in [5.41, 5.74) is 7.49. The molecule has 128 valence electrons. The van der Waals surface area contributed by atoms with Crippen LogP contribution in [0.2, 0.25) is 0 Å². The van der Waals surface area contributed by atoms with Crippen LogP contribution in [0.4, 0.5) is 0 Å². The van der Waals surface area contributed by atoms with Gasteiger partial charge in [0.2, 0.25) is 0 Å². The van der Waals surface area contributed by atoms with E-state index in [0.717, 1.165) is 48.3 Å². The van der Waals surface area contributed by atoms with E-state index in [1.807, 2.05) is 41.4 Å². The number of aliphatic imine (C=N–C) groups is 1. The van der Waals surface area contributed by atoms with Crippen molar-refractivity contribution in [3.8, 4) is 0 Å². The first-order valence-corrected chi connectivity index (χ1v) is 9.11. The first kappa shape index (κ1) is 16.3. The molecule has 2 heterocycles. The number of allylic oxidation sites excluding steroid dienone is 2. The van der Waals surface area contributed by atoms with Gasteiger partial charge in [0.25, 0.3) is 5.91 Å². The molecule has 0 bridgehead atoms. The Morgan fingerprint density at radius 1 is 1.12 bits per heavy atom. The molecule has 1 N–H and O–H groups in total. The number of hydrazine groups is 1. The van der Waals surface area contributed by atoms with E-state index in [2.05, 4.69) is 16.5 Å². The summed E-state index contributed by atoms with van der Waals surface area (Å²) in [5, 5.41) is 2.47. The van der Waals surface area contributed by atoms with Gasteiger partial charge < -0.3 is 0 Å². The van der Waals surface area contributed by atoms with Crippen LogP contribution < -0.4 is 5.43 Å². The highest BCUT2D eigenvalue weighted by Crippen LogP contribution is 2.31. The molecule has 1 aliphatic carbocycles. The fourth-order valence-electron chi connectivity index (χ4n) is 3.40. The molecule has 1 amide bonds. The number of carbonyl (C=O) groups excluding carboxylic acids is 1. The van der Waals surface area contributed by atoms with Gasteiger partial charge in [-0.25, -0.2) is 10.0 Å². The third-order valence-electron chi connectivity index (χ3n) is 4.77. The van der Waals surface area contributed by atoms with Crippen molar-refractivity contribution in [2.75, 3.05) is 13.1 Å². The SMILES string of the molecule is O=C(NN1CCCCC1)C1=CCC2=Cc3ccccc3C(Cl)=NC2=C1. The summed E-state index contributed by atoms with van der Waals surface area (Å²) in [4.78, 5) is 17.1. The Morgan fingerprint density at radius 2 is 1.92 bits per heavy atom. The molecule has 0 saturated carbocycles. The summed E-state index contributed by atoms with van der Waals surface area (Å²) in [6.45, 7) is 1.83. The van der Waals surface area contributed by atoms with Crippen LogP contribution in [0.1, 0.15) is 36.8 Å². The number of nitrogens with one attached hydrogen (secondary N) is 1. The van der Waals surface area contributed by atoms with Crippen molar-refractivity contribution in [3.05, 3.63) is 64.4 Å². The Bertz CT molecular complexity index is 829. The van der Waals surface area contributed by atoms with Gasteiger partial charge in [-0.3, -0.25) is 10.2 Å². The molecule has 4 nitrogen and oxygen atoms in total.